The van der Waals surface area contributed by atoms with Gasteiger partial charge >= 0.3 is 0 Å². The van der Waals surface area contributed by atoms with Crippen molar-refractivity contribution in [3.8, 4) is 10.6 Å². The number of hydrogen-bond acceptors (Lipinski definition) is 5. The first kappa shape index (κ1) is 10.4. The van der Waals surface area contributed by atoms with Crippen molar-refractivity contribution in [1.29, 1.82) is 0 Å². The SMILES string of the molecule is NCC1(c2nc(-c3cccs3)cs2)COC1. The lowest BCUT2D eigenvalue weighted by molar-refractivity contribution is -0.0550. The zero-order chi connectivity index (χ0) is 11.0. The molecule has 3 nitrogen and oxygen atoms in total. The molecule has 0 atom stereocenters. The van der Waals surface area contributed by atoms with Crippen LogP contribution in [0.5, 0.6) is 0 Å². The summed E-state index contributed by atoms with van der Waals surface area (Å²) in [5.41, 5.74) is 6.87. The van der Waals surface area contributed by atoms with Gasteiger partial charge in [0.25, 0.3) is 0 Å². The average molecular weight is 252 g/mol. The van der Waals surface area contributed by atoms with Crippen LogP contribution in [-0.2, 0) is 10.2 Å². The van der Waals surface area contributed by atoms with Gasteiger partial charge in [0.1, 0.15) is 5.01 Å². The summed E-state index contributed by atoms with van der Waals surface area (Å²) in [6, 6.07) is 4.14. The Bertz CT molecular complexity index is 468. The Kier molecular flexibility index (Phi) is 2.55. The minimum atomic E-state index is -0.0137. The lowest BCUT2D eigenvalue weighted by atomic mass is 9.87. The molecule has 2 aromatic heterocycles. The lowest BCUT2D eigenvalue weighted by Gasteiger charge is -2.38. The number of thiazole rings is 1. The molecule has 1 fully saturated rings. The largest absolute Gasteiger partial charge is 0.379 e. The van der Waals surface area contributed by atoms with Crippen LogP contribution in [0, 0.1) is 0 Å². The quantitative estimate of drug-likeness (QED) is 0.910. The smallest absolute Gasteiger partial charge is 0.105 e. The average Bonchev–Trinajstić information content (AvgIpc) is 2.86. The van der Waals surface area contributed by atoms with Gasteiger partial charge in [-0.25, -0.2) is 4.98 Å². The van der Waals surface area contributed by atoms with E-state index >= 15 is 0 Å². The molecule has 1 aliphatic rings. The standard InChI is InChI=1S/C11H12N2OS2/c12-5-11(6-14-7-11)10-13-8(4-16-10)9-2-1-3-15-9/h1-4H,5-7,12H2. The summed E-state index contributed by atoms with van der Waals surface area (Å²) >= 11 is 3.41. The van der Waals surface area contributed by atoms with Crippen molar-refractivity contribution in [3.05, 3.63) is 27.9 Å². The van der Waals surface area contributed by atoms with Gasteiger partial charge in [0, 0.05) is 11.9 Å². The molecule has 3 rings (SSSR count). The summed E-state index contributed by atoms with van der Waals surface area (Å²) in [6.45, 7) is 2.03. The van der Waals surface area contributed by atoms with Gasteiger partial charge in [0.05, 0.1) is 29.2 Å². The zero-order valence-electron chi connectivity index (χ0n) is 8.68. The van der Waals surface area contributed by atoms with E-state index in [9.17, 15) is 0 Å². The third kappa shape index (κ3) is 1.51. The van der Waals surface area contributed by atoms with Crippen molar-refractivity contribution < 1.29 is 4.74 Å². The van der Waals surface area contributed by atoms with Crippen LogP contribution in [0.25, 0.3) is 10.6 Å². The molecule has 2 N–H and O–H groups in total. The topological polar surface area (TPSA) is 48.1 Å². The second kappa shape index (κ2) is 3.92. The Hall–Kier alpha value is -0.750. The van der Waals surface area contributed by atoms with Crippen molar-refractivity contribution in [2.24, 2.45) is 5.73 Å². The molecule has 2 aromatic rings. The van der Waals surface area contributed by atoms with E-state index in [4.69, 9.17) is 10.5 Å². The van der Waals surface area contributed by atoms with E-state index in [2.05, 4.69) is 21.8 Å². The summed E-state index contributed by atoms with van der Waals surface area (Å²) < 4.78 is 5.27. The number of nitrogens with two attached hydrogens (primary N) is 1. The predicted octanol–water partition coefficient (Wildman–Crippen LogP) is 2.10. The first-order valence-corrected chi connectivity index (χ1v) is 6.88. The summed E-state index contributed by atoms with van der Waals surface area (Å²) in [4.78, 5) is 5.90. The first-order valence-electron chi connectivity index (χ1n) is 5.12. The number of rotatable bonds is 3. The van der Waals surface area contributed by atoms with Crippen molar-refractivity contribution in [1.82, 2.24) is 4.98 Å². The Morgan fingerprint density at radius 3 is 2.88 bits per heavy atom. The molecule has 0 amide bonds. The number of nitrogens with zero attached hydrogens (tertiary/aromatic N) is 1. The Labute approximate surface area is 102 Å². The maximum absolute atomic E-state index is 5.82. The minimum Gasteiger partial charge on any atom is -0.379 e. The van der Waals surface area contributed by atoms with E-state index in [0.717, 1.165) is 10.7 Å². The van der Waals surface area contributed by atoms with E-state index in [1.165, 1.54) is 4.88 Å². The van der Waals surface area contributed by atoms with Gasteiger partial charge in [-0.2, -0.15) is 0 Å². The monoisotopic (exact) mass is 252 g/mol. The van der Waals surface area contributed by atoms with Crippen LogP contribution in [0.3, 0.4) is 0 Å². The summed E-state index contributed by atoms with van der Waals surface area (Å²) in [5.74, 6) is 0. The van der Waals surface area contributed by atoms with Crippen LogP contribution >= 0.6 is 22.7 Å². The highest BCUT2D eigenvalue weighted by molar-refractivity contribution is 7.14. The van der Waals surface area contributed by atoms with Gasteiger partial charge in [0.15, 0.2) is 0 Å². The second-order valence-electron chi connectivity index (χ2n) is 3.99. The Balaban J connectivity index is 1.93. The highest BCUT2D eigenvalue weighted by Crippen LogP contribution is 2.36. The molecular formula is C11H12N2OS2. The number of ether oxygens (including phenoxy) is 1. The highest BCUT2D eigenvalue weighted by atomic mass is 32.1. The predicted molar refractivity (Wildman–Crippen MR) is 67.0 cm³/mol. The molecule has 16 heavy (non-hydrogen) atoms. The van der Waals surface area contributed by atoms with E-state index in [-0.39, 0.29) is 5.41 Å². The molecule has 84 valence electrons. The van der Waals surface area contributed by atoms with Crippen molar-refractivity contribution in [2.75, 3.05) is 19.8 Å². The molecular weight excluding hydrogens is 240 g/mol. The van der Waals surface area contributed by atoms with E-state index < -0.39 is 0 Å². The van der Waals surface area contributed by atoms with Crippen LogP contribution in [0.4, 0.5) is 0 Å². The van der Waals surface area contributed by atoms with Gasteiger partial charge in [-0.05, 0) is 11.4 Å². The third-order valence-electron chi connectivity index (χ3n) is 2.88. The first-order chi connectivity index (χ1) is 7.84. The van der Waals surface area contributed by atoms with E-state index in [1.807, 2.05) is 6.07 Å². The maximum Gasteiger partial charge on any atom is 0.105 e. The normalized spacial score (nSPS) is 18.3. The molecule has 0 saturated carbocycles. The third-order valence-corrected chi connectivity index (χ3v) is 4.86. The molecule has 1 saturated heterocycles. The summed E-state index contributed by atoms with van der Waals surface area (Å²) in [7, 11) is 0. The van der Waals surface area contributed by atoms with Gasteiger partial charge in [-0.3, -0.25) is 0 Å². The fourth-order valence-corrected chi connectivity index (χ4v) is 3.50. The summed E-state index contributed by atoms with van der Waals surface area (Å²) in [6.07, 6.45) is 0. The molecule has 0 aromatic carbocycles. The molecule has 3 heterocycles. The molecule has 1 aliphatic heterocycles. The summed E-state index contributed by atoms with van der Waals surface area (Å²) in [5, 5.41) is 5.29. The molecule has 5 heteroatoms. The molecule has 0 bridgehead atoms. The van der Waals surface area contributed by atoms with Crippen molar-refractivity contribution >= 4 is 22.7 Å². The minimum absolute atomic E-state index is 0.0137. The van der Waals surface area contributed by atoms with Crippen LogP contribution in [0.2, 0.25) is 0 Å². The molecule has 0 spiro atoms. The van der Waals surface area contributed by atoms with Gasteiger partial charge in [0.2, 0.25) is 0 Å². The van der Waals surface area contributed by atoms with Crippen molar-refractivity contribution in [3.63, 3.8) is 0 Å². The zero-order valence-corrected chi connectivity index (χ0v) is 10.3. The molecule has 0 aliphatic carbocycles. The van der Waals surface area contributed by atoms with Gasteiger partial charge in [-0.15, -0.1) is 22.7 Å². The van der Waals surface area contributed by atoms with Crippen LogP contribution < -0.4 is 5.73 Å². The molecule has 0 radical (unpaired) electrons. The highest BCUT2D eigenvalue weighted by Gasteiger charge is 2.41. The lowest BCUT2D eigenvalue weighted by Crippen LogP contribution is -2.52. The van der Waals surface area contributed by atoms with Crippen LogP contribution in [-0.4, -0.2) is 24.7 Å². The fourth-order valence-electron chi connectivity index (χ4n) is 1.73. The Morgan fingerprint density at radius 1 is 1.44 bits per heavy atom. The van der Waals surface area contributed by atoms with Gasteiger partial charge < -0.3 is 10.5 Å². The maximum atomic E-state index is 5.82. The molecule has 0 unspecified atom stereocenters. The second-order valence-corrected chi connectivity index (χ2v) is 5.80. The fraction of sp³-hybridized carbons (Fsp3) is 0.364. The Morgan fingerprint density at radius 2 is 2.31 bits per heavy atom. The van der Waals surface area contributed by atoms with Crippen LogP contribution in [0.1, 0.15) is 5.01 Å². The van der Waals surface area contributed by atoms with Crippen molar-refractivity contribution in [2.45, 2.75) is 5.41 Å². The van der Waals surface area contributed by atoms with E-state index in [1.54, 1.807) is 22.7 Å². The number of aromatic nitrogens is 1. The van der Waals surface area contributed by atoms with E-state index in [0.29, 0.717) is 19.8 Å². The number of thiophene rings is 1. The van der Waals surface area contributed by atoms with Crippen LogP contribution in [0.15, 0.2) is 22.9 Å². The number of hydrogen-bond donors (Lipinski definition) is 1. The van der Waals surface area contributed by atoms with Gasteiger partial charge in [-0.1, -0.05) is 6.07 Å².